The number of phosphoric acid groups is 1. The van der Waals surface area contributed by atoms with E-state index in [-0.39, 0.29) is 25.9 Å². The van der Waals surface area contributed by atoms with E-state index in [1.165, 1.54) is 44.9 Å². The predicted octanol–water partition coefficient (Wildman–Crippen LogP) is 15.9. The molecule has 0 aromatic rings. The van der Waals surface area contributed by atoms with E-state index in [4.69, 9.17) is 23.3 Å². The second-order valence-electron chi connectivity index (χ2n) is 18.0. The zero-order valence-electron chi connectivity index (χ0n) is 44.2. The molecule has 0 aliphatic carbocycles. The van der Waals surface area contributed by atoms with Crippen LogP contribution in [-0.4, -0.2) is 66.5 Å². The fraction of sp³-hybridized carbons (Fsp3) is 0.707. The maximum Gasteiger partial charge on any atom is 0.472 e. The predicted molar refractivity (Wildman–Crippen MR) is 288 cm³/mol. The Morgan fingerprint density at radius 3 is 1.21 bits per heavy atom. The Bertz CT molecular complexity index is 1500. The quantitative estimate of drug-likeness (QED) is 0.0197. The number of carbonyl (C=O) groups excluding carboxylic acids is 3. The summed E-state index contributed by atoms with van der Waals surface area (Å²) in [5.41, 5.74) is 0. The highest BCUT2D eigenvalue weighted by Gasteiger charge is 2.28. The molecule has 402 valence electrons. The molecule has 2 N–H and O–H groups in total. The number of aliphatic hydroxyl groups excluding tert-OH is 1. The topological polar surface area (TPSA) is 155 Å². The van der Waals surface area contributed by atoms with E-state index in [2.05, 4.69) is 106 Å². The lowest BCUT2D eigenvalue weighted by atomic mass is 10.1. The highest BCUT2D eigenvalue weighted by Crippen LogP contribution is 2.43. The Labute approximate surface area is 426 Å². The van der Waals surface area contributed by atoms with Gasteiger partial charge in [0.1, 0.15) is 12.7 Å². The molecule has 3 atom stereocenters. The van der Waals surface area contributed by atoms with Crippen LogP contribution in [0.1, 0.15) is 226 Å². The van der Waals surface area contributed by atoms with Gasteiger partial charge in [-0.25, -0.2) is 4.57 Å². The Kier molecular flexibility index (Phi) is 49.5. The number of carbonyl (C=O) groups is 3. The molecule has 0 saturated heterocycles. The average Bonchev–Trinajstić information content (AvgIpc) is 3.35. The van der Waals surface area contributed by atoms with Crippen LogP contribution in [0.4, 0.5) is 0 Å². The lowest BCUT2D eigenvalue weighted by Gasteiger charge is -2.21. The van der Waals surface area contributed by atoms with Crippen molar-refractivity contribution in [3.63, 3.8) is 0 Å². The molecule has 0 radical (unpaired) electrons. The third-order valence-electron chi connectivity index (χ3n) is 11.3. The first kappa shape index (κ1) is 66.7. The maximum atomic E-state index is 12.9. The van der Waals surface area contributed by atoms with Crippen molar-refractivity contribution in [2.45, 2.75) is 238 Å². The molecule has 0 aromatic carbocycles. The number of unbranched alkanes of at least 4 members (excludes halogenated alkanes) is 19. The second kappa shape index (κ2) is 52.0. The van der Waals surface area contributed by atoms with Crippen LogP contribution in [-0.2, 0) is 42.2 Å². The molecule has 12 heteroatoms. The fourth-order valence-electron chi connectivity index (χ4n) is 7.13. The summed E-state index contributed by atoms with van der Waals surface area (Å²) in [7, 11) is -4.76. The largest absolute Gasteiger partial charge is 0.472 e. The standard InChI is InChI=1S/C58H99O11P/c1-4-7-10-13-16-19-22-24-25-26-27-28-29-31-34-37-40-43-46-49-58(62)69-55(51-65-56(60)47-44-41-38-35-32-21-18-15-12-9-6-3)53-67-70(63,64)66-52-54(50-59)68-57(61)48-45-42-39-36-33-30-23-20-17-14-11-8-5-2/h7,10-11,14,16,19-20,23-25,27-28,31,34,54-55,59H,4-6,8-9,12-13,15,17-18,21-22,26,29-30,32-33,35-53H2,1-3H3,(H,63,64)/b10-7-,14-11-,19-16-,23-20-,25-24-,28-27-,34-31-. The van der Waals surface area contributed by atoms with Crippen molar-refractivity contribution >= 4 is 25.7 Å². The first-order chi connectivity index (χ1) is 34.2. The van der Waals surface area contributed by atoms with Crippen molar-refractivity contribution in [1.82, 2.24) is 0 Å². The fourth-order valence-corrected chi connectivity index (χ4v) is 7.91. The first-order valence-corrected chi connectivity index (χ1v) is 29.0. The van der Waals surface area contributed by atoms with E-state index >= 15 is 0 Å². The lowest BCUT2D eigenvalue weighted by Crippen LogP contribution is -2.30. The Morgan fingerprint density at radius 1 is 0.414 bits per heavy atom. The zero-order chi connectivity index (χ0) is 51.3. The molecule has 0 spiro atoms. The van der Waals surface area contributed by atoms with E-state index in [0.717, 1.165) is 122 Å². The minimum absolute atomic E-state index is 0.126. The molecule has 0 aliphatic rings. The number of phosphoric ester groups is 1. The van der Waals surface area contributed by atoms with Gasteiger partial charge >= 0.3 is 25.7 Å². The number of esters is 3. The van der Waals surface area contributed by atoms with Gasteiger partial charge < -0.3 is 24.2 Å². The Morgan fingerprint density at radius 2 is 0.771 bits per heavy atom. The second-order valence-corrected chi connectivity index (χ2v) is 19.5. The van der Waals surface area contributed by atoms with Crippen molar-refractivity contribution in [3.05, 3.63) is 85.1 Å². The van der Waals surface area contributed by atoms with E-state index in [1.807, 2.05) is 0 Å². The van der Waals surface area contributed by atoms with Gasteiger partial charge in [-0.3, -0.25) is 23.4 Å². The van der Waals surface area contributed by atoms with E-state index < -0.39 is 57.8 Å². The van der Waals surface area contributed by atoms with E-state index in [0.29, 0.717) is 19.3 Å². The summed E-state index contributed by atoms with van der Waals surface area (Å²) >= 11 is 0. The van der Waals surface area contributed by atoms with Gasteiger partial charge in [-0.15, -0.1) is 0 Å². The molecular formula is C58H99O11P. The highest BCUT2D eigenvalue weighted by atomic mass is 31.2. The Hall–Kier alpha value is -3.34. The van der Waals surface area contributed by atoms with Crippen LogP contribution in [0.2, 0.25) is 0 Å². The monoisotopic (exact) mass is 1000 g/mol. The minimum Gasteiger partial charge on any atom is -0.462 e. The normalized spacial score (nSPS) is 14.1. The van der Waals surface area contributed by atoms with Crippen molar-refractivity contribution in [2.75, 3.05) is 26.4 Å². The summed E-state index contributed by atoms with van der Waals surface area (Å²) < 4.78 is 39.4. The molecular weight excluding hydrogens is 904 g/mol. The van der Waals surface area contributed by atoms with Crippen molar-refractivity contribution in [1.29, 1.82) is 0 Å². The molecule has 0 amide bonds. The van der Waals surface area contributed by atoms with Crippen LogP contribution in [0, 0.1) is 0 Å². The van der Waals surface area contributed by atoms with Crippen LogP contribution >= 0.6 is 7.82 Å². The maximum absolute atomic E-state index is 12.9. The van der Waals surface area contributed by atoms with Crippen molar-refractivity contribution in [3.8, 4) is 0 Å². The molecule has 3 unspecified atom stereocenters. The highest BCUT2D eigenvalue weighted by molar-refractivity contribution is 7.47. The molecule has 0 rings (SSSR count). The first-order valence-electron chi connectivity index (χ1n) is 27.5. The third kappa shape index (κ3) is 49.6. The van der Waals surface area contributed by atoms with Crippen LogP contribution < -0.4 is 0 Å². The number of aliphatic hydroxyl groups is 1. The van der Waals surface area contributed by atoms with E-state index in [1.54, 1.807) is 0 Å². The molecule has 11 nitrogen and oxygen atoms in total. The number of hydrogen-bond donors (Lipinski definition) is 2. The minimum atomic E-state index is -4.76. The number of hydrogen-bond acceptors (Lipinski definition) is 10. The van der Waals surface area contributed by atoms with Gasteiger partial charge in [0.05, 0.1) is 19.8 Å². The third-order valence-corrected chi connectivity index (χ3v) is 12.2. The number of allylic oxidation sites excluding steroid dienone is 14. The van der Waals surface area contributed by atoms with Gasteiger partial charge in [0.15, 0.2) is 6.10 Å². The summed E-state index contributed by atoms with van der Waals surface area (Å²) in [6.07, 6.45) is 58.3. The summed E-state index contributed by atoms with van der Waals surface area (Å²) in [4.78, 5) is 48.4. The summed E-state index contributed by atoms with van der Waals surface area (Å²) in [5.74, 6) is -1.52. The lowest BCUT2D eigenvalue weighted by molar-refractivity contribution is -0.161. The summed E-state index contributed by atoms with van der Waals surface area (Å²) in [6.45, 7) is 4.39. The van der Waals surface area contributed by atoms with Gasteiger partial charge in [0.2, 0.25) is 0 Å². The van der Waals surface area contributed by atoms with Crippen LogP contribution in [0.5, 0.6) is 0 Å². The molecule has 0 bridgehead atoms. The Balaban J connectivity index is 4.79. The summed E-state index contributed by atoms with van der Waals surface area (Å²) in [5, 5.41) is 9.78. The molecule has 0 saturated carbocycles. The number of rotatable bonds is 50. The van der Waals surface area contributed by atoms with Crippen LogP contribution in [0.25, 0.3) is 0 Å². The molecule has 70 heavy (non-hydrogen) atoms. The van der Waals surface area contributed by atoms with E-state index in [9.17, 15) is 28.9 Å². The molecule has 0 aromatic heterocycles. The van der Waals surface area contributed by atoms with Crippen molar-refractivity contribution < 1.29 is 52.2 Å². The van der Waals surface area contributed by atoms with Gasteiger partial charge in [-0.1, -0.05) is 202 Å². The number of ether oxygens (including phenoxy) is 3. The SMILES string of the molecule is CC/C=C\C/C=C\C/C=C\C/C=C\C/C=C\CCCCCC(=O)OC(COC(=O)CCCCCCCCCCCCC)COP(=O)(O)OCC(CO)OC(=O)CCCCCCC/C=C\C/C=C\CCC. The van der Waals surface area contributed by atoms with Gasteiger partial charge in [0, 0.05) is 19.3 Å². The average molecular weight is 1000 g/mol. The van der Waals surface area contributed by atoms with Gasteiger partial charge in [-0.2, -0.15) is 0 Å². The zero-order valence-corrected chi connectivity index (χ0v) is 45.1. The molecule has 0 aliphatic heterocycles. The summed E-state index contributed by atoms with van der Waals surface area (Å²) in [6, 6.07) is 0. The molecule has 0 heterocycles. The van der Waals surface area contributed by atoms with Crippen molar-refractivity contribution in [2.24, 2.45) is 0 Å². The van der Waals surface area contributed by atoms with Gasteiger partial charge in [0.25, 0.3) is 0 Å². The van der Waals surface area contributed by atoms with Crippen LogP contribution in [0.3, 0.4) is 0 Å². The molecule has 0 fully saturated rings. The van der Waals surface area contributed by atoms with Gasteiger partial charge in [-0.05, 0) is 89.9 Å². The van der Waals surface area contributed by atoms with Crippen LogP contribution in [0.15, 0.2) is 85.1 Å². The smallest absolute Gasteiger partial charge is 0.462 e.